The van der Waals surface area contributed by atoms with Gasteiger partial charge in [-0.2, -0.15) is 0 Å². The van der Waals surface area contributed by atoms with E-state index in [1.165, 1.54) is 4.90 Å². The molecule has 0 aliphatic carbocycles. The van der Waals surface area contributed by atoms with Gasteiger partial charge in [-0.3, -0.25) is 4.57 Å². The van der Waals surface area contributed by atoms with Crippen LogP contribution in [0.3, 0.4) is 0 Å². The molecule has 0 amide bonds. The first-order chi connectivity index (χ1) is 11.4. The predicted octanol–water partition coefficient (Wildman–Crippen LogP) is 1.29. The Hall–Kier alpha value is -0.400. The lowest BCUT2D eigenvalue weighted by atomic mass is 10.2. The van der Waals surface area contributed by atoms with Gasteiger partial charge in [-0.1, -0.05) is 18.2 Å². The minimum atomic E-state index is -3.88. The van der Waals surface area contributed by atoms with E-state index >= 15 is 0 Å². The summed E-state index contributed by atoms with van der Waals surface area (Å²) in [5.41, 5.74) is 6.22. The first-order valence-corrected chi connectivity index (χ1v) is 11.1. The van der Waals surface area contributed by atoms with Gasteiger partial charge in [0.15, 0.2) is 0 Å². The summed E-state index contributed by atoms with van der Waals surface area (Å²) in [5, 5.41) is 0. The summed E-state index contributed by atoms with van der Waals surface area (Å²) >= 11 is 1.80. The third-order valence-corrected chi connectivity index (χ3v) is 6.18. The van der Waals surface area contributed by atoms with E-state index in [1.807, 2.05) is 18.2 Å². The predicted molar refractivity (Wildman–Crippen MR) is 99.5 cm³/mol. The highest BCUT2D eigenvalue weighted by Gasteiger charge is 2.20. The van der Waals surface area contributed by atoms with E-state index in [-0.39, 0.29) is 12.2 Å². The van der Waals surface area contributed by atoms with E-state index in [0.29, 0.717) is 6.54 Å². The number of rotatable bonds is 9. The van der Waals surface area contributed by atoms with E-state index in [2.05, 4.69) is 21.9 Å². The summed E-state index contributed by atoms with van der Waals surface area (Å²) in [6.45, 7) is 5.09. The van der Waals surface area contributed by atoms with E-state index in [1.54, 1.807) is 11.8 Å². The molecule has 1 aromatic rings. The maximum absolute atomic E-state index is 10.9. The Morgan fingerprint density at radius 3 is 2.25 bits per heavy atom. The molecule has 0 bridgehead atoms. The fourth-order valence-corrected chi connectivity index (χ4v) is 4.13. The Labute approximate surface area is 148 Å². The maximum Gasteiger partial charge on any atom is 0.326 e. The smallest absolute Gasteiger partial charge is 0.326 e. The van der Waals surface area contributed by atoms with Gasteiger partial charge in [0.1, 0.15) is 0 Å². The molecule has 8 heteroatoms. The molecule has 1 heterocycles. The lowest BCUT2D eigenvalue weighted by Crippen LogP contribution is -2.48. The molecule has 0 spiro atoms. The van der Waals surface area contributed by atoms with Gasteiger partial charge in [0.25, 0.3) is 0 Å². The molecule has 0 aromatic heterocycles. The van der Waals surface area contributed by atoms with Crippen molar-refractivity contribution >= 4 is 19.4 Å². The van der Waals surface area contributed by atoms with Crippen LogP contribution in [0.25, 0.3) is 0 Å². The highest BCUT2D eigenvalue weighted by atomic mass is 32.2. The molecule has 2 rings (SSSR count). The van der Waals surface area contributed by atoms with Gasteiger partial charge in [0, 0.05) is 49.4 Å². The summed E-state index contributed by atoms with van der Waals surface area (Å²) in [5.74, 6) is 0.923. The fraction of sp³-hybridized carbons (Fsp3) is 0.625. The van der Waals surface area contributed by atoms with Crippen molar-refractivity contribution in [1.82, 2.24) is 9.80 Å². The van der Waals surface area contributed by atoms with Crippen LogP contribution in [-0.4, -0.2) is 76.8 Å². The number of thioether (sulfide) groups is 1. The normalized spacial score (nSPS) is 18.6. The van der Waals surface area contributed by atoms with Crippen LogP contribution in [0.1, 0.15) is 6.42 Å². The van der Waals surface area contributed by atoms with Crippen LogP contribution >= 0.6 is 19.4 Å². The van der Waals surface area contributed by atoms with E-state index in [4.69, 9.17) is 15.5 Å². The number of benzene rings is 1. The van der Waals surface area contributed by atoms with Crippen LogP contribution in [0.15, 0.2) is 35.2 Å². The largest absolute Gasteiger partial charge is 0.327 e. The molecule has 0 saturated carbocycles. The summed E-state index contributed by atoms with van der Waals surface area (Å²) in [7, 11) is -3.88. The quantitative estimate of drug-likeness (QED) is 0.444. The second-order valence-electron chi connectivity index (χ2n) is 6.24. The zero-order valence-electron chi connectivity index (χ0n) is 14.0. The molecule has 4 N–H and O–H groups in total. The van der Waals surface area contributed by atoms with Crippen LogP contribution in [0.2, 0.25) is 0 Å². The molecule has 1 saturated heterocycles. The molecule has 1 aromatic carbocycles. The molecule has 1 aliphatic heterocycles. The number of hydrogen-bond acceptors (Lipinski definition) is 5. The molecule has 6 nitrogen and oxygen atoms in total. The van der Waals surface area contributed by atoms with Crippen LogP contribution in [-0.2, 0) is 4.57 Å². The van der Waals surface area contributed by atoms with E-state index < -0.39 is 7.60 Å². The van der Waals surface area contributed by atoms with Crippen LogP contribution in [0.5, 0.6) is 0 Å². The van der Waals surface area contributed by atoms with Crippen molar-refractivity contribution in [2.75, 3.05) is 51.2 Å². The highest BCUT2D eigenvalue weighted by Crippen LogP contribution is 2.33. The Morgan fingerprint density at radius 1 is 1.08 bits per heavy atom. The molecule has 1 aliphatic rings. The minimum Gasteiger partial charge on any atom is -0.327 e. The second-order valence-corrected chi connectivity index (χ2v) is 9.11. The lowest BCUT2D eigenvalue weighted by Gasteiger charge is -2.35. The van der Waals surface area contributed by atoms with Crippen molar-refractivity contribution in [2.45, 2.75) is 17.4 Å². The van der Waals surface area contributed by atoms with Crippen LogP contribution in [0, 0.1) is 0 Å². The van der Waals surface area contributed by atoms with E-state index in [9.17, 15) is 4.57 Å². The monoisotopic (exact) mass is 373 g/mol. The van der Waals surface area contributed by atoms with Crippen molar-refractivity contribution in [2.24, 2.45) is 5.73 Å². The molecule has 1 atom stereocenters. The Bertz CT molecular complexity index is 521. The van der Waals surface area contributed by atoms with Gasteiger partial charge in [-0.15, -0.1) is 11.8 Å². The maximum atomic E-state index is 10.9. The van der Waals surface area contributed by atoms with Crippen LogP contribution < -0.4 is 5.73 Å². The summed E-state index contributed by atoms with van der Waals surface area (Å²) in [6, 6.07) is 10.5. The lowest BCUT2D eigenvalue weighted by molar-refractivity contribution is 0.134. The average molecular weight is 373 g/mol. The number of hydrogen-bond donors (Lipinski definition) is 3. The Balaban J connectivity index is 1.57. The molecular formula is C16H28N3O3PS. The van der Waals surface area contributed by atoms with E-state index in [0.717, 1.165) is 44.9 Å². The standard InChI is InChI=1S/C16H28N3O3PS/c17-15(14-24-16-4-2-1-3-5-16)6-7-18-8-10-19(11-9-18)12-13-23(20,21)22/h1-5,15H,6-14,17H2,(H2,20,21,22). The molecule has 136 valence electrons. The van der Waals surface area contributed by atoms with Gasteiger partial charge in [0.05, 0.1) is 6.16 Å². The topological polar surface area (TPSA) is 90.0 Å². The fourth-order valence-electron chi connectivity index (χ4n) is 2.66. The second kappa shape index (κ2) is 9.92. The van der Waals surface area contributed by atoms with Crippen LogP contribution in [0.4, 0.5) is 0 Å². The Kier molecular flexibility index (Phi) is 8.23. The molecule has 24 heavy (non-hydrogen) atoms. The highest BCUT2D eigenvalue weighted by molar-refractivity contribution is 7.99. The SMILES string of the molecule is NC(CCN1CCN(CCP(=O)(O)O)CC1)CSc1ccccc1. The van der Waals surface area contributed by atoms with Crippen molar-refractivity contribution in [3.05, 3.63) is 30.3 Å². The van der Waals surface area contributed by atoms with Gasteiger partial charge >= 0.3 is 7.60 Å². The number of nitrogens with zero attached hydrogens (tertiary/aromatic N) is 2. The number of piperazine rings is 1. The Morgan fingerprint density at radius 2 is 1.67 bits per heavy atom. The summed E-state index contributed by atoms with van der Waals surface area (Å²) in [6.07, 6.45) is 0.927. The molecule has 1 fully saturated rings. The first kappa shape index (κ1) is 19.9. The zero-order chi connectivity index (χ0) is 17.4. The zero-order valence-corrected chi connectivity index (χ0v) is 15.7. The van der Waals surface area contributed by atoms with Crippen molar-refractivity contribution in [1.29, 1.82) is 0 Å². The van der Waals surface area contributed by atoms with Crippen molar-refractivity contribution in [3.8, 4) is 0 Å². The first-order valence-electron chi connectivity index (χ1n) is 8.35. The average Bonchev–Trinajstić information content (AvgIpc) is 2.57. The minimum absolute atomic E-state index is 0.0470. The third-order valence-electron chi connectivity index (χ3n) is 4.20. The van der Waals surface area contributed by atoms with Crippen molar-refractivity contribution < 1.29 is 14.4 Å². The van der Waals surface area contributed by atoms with Gasteiger partial charge in [0.2, 0.25) is 0 Å². The van der Waals surface area contributed by atoms with Crippen molar-refractivity contribution in [3.63, 3.8) is 0 Å². The molecule has 0 radical (unpaired) electrons. The summed E-state index contributed by atoms with van der Waals surface area (Å²) in [4.78, 5) is 23.6. The summed E-state index contributed by atoms with van der Waals surface area (Å²) < 4.78 is 10.9. The van der Waals surface area contributed by atoms with Gasteiger partial charge in [-0.05, 0) is 25.1 Å². The molecule has 1 unspecified atom stereocenters. The molecular weight excluding hydrogens is 345 g/mol. The third kappa shape index (κ3) is 8.12. The number of nitrogens with two attached hydrogens (primary N) is 1. The van der Waals surface area contributed by atoms with Gasteiger partial charge < -0.3 is 25.3 Å². The van der Waals surface area contributed by atoms with Gasteiger partial charge in [-0.25, -0.2) is 0 Å².